The van der Waals surface area contributed by atoms with Crippen molar-refractivity contribution >= 4 is 28.0 Å². The van der Waals surface area contributed by atoms with Crippen LogP contribution in [0.1, 0.15) is 45.0 Å². The Bertz CT molecular complexity index is 1270. The van der Waals surface area contributed by atoms with Gasteiger partial charge in [0.05, 0.1) is 5.52 Å². The van der Waals surface area contributed by atoms with E-state index in [0.29, 0.717) is 23.5 Å². The van der Waals surface area contributed by atoms with Crippen molar-refractivity contribution in [1.29, 1.82) is 0 Å². The van der Waals surface area contributed by atoms with Gasteiger partial charge in [0.2, 0.25) is 5.95 Å². The molecule has 4 aromatic rings. The average molecular weight is 436 g/mol. The van der Waals surface area contributed by atoms with E-state index < -0.39 is 0 Å². The first-order valence-electron chi connectivity index (χ1n) is 11.4. The summed E-state index contributed by atoms with van der Waals surface area (Å²) >= 11 is 0. The van der Waals surface area contributed by atoms with Crippen LogP contribution in [0, 0.1) is 12.7 Å². The number of benzene rings is 1. The van der Waals surface area contributed by atoms with Gasteiger partial charge in [-0.25, -0.2) is 14.4 Å². The Kier molecular flexibility index (Phi) is 5.33. The second kappa shape index (κ2) is 8.16. The lowest BCUT2D eigenvalue weighted by Crippen LogP contribution is -2.31. The van der Waals surface area contributed by atoms with E-state index in [2.05, 4.69) is 61.7 Å². The van der Waals surface area contributed by atoms with Crippen LogP contribution in [0.5, 0.6) is 0 Å². The number of aromatic nitrogens is 5. The van der Waals surface area contributed by atoms with Gasteiger partial charge in [-0.2, -0.15) is 4.98 Å². The highest BCUT2D eigenvalue weighted by molar-refractivity contribution is 5.96. The number of nitrogens with one attached hydrogen (secondary N) is 2. The topological polar surface area (TPSA) is 74.7 Å². The quantitative estimate of drug-likeness (QED) is 0.466. The van der Waals surface area contributed by atoms with Gasteiger partial charge in [0.1, 0.15) is 17.0 Å². The molecule has 7 nitrogen and oxygen atoms in total. The van der Waals surface area contributed by atoms with Crippen molar-refractivity contribution in [3.8, 4) is 11.1 Å². The molecule has 0 saturated carbocycles. The zero-order valence-electron chi connectivity index (χ0n) is 19.1. The monoisotopic (exact) mass is 435 g/mol. The molecule has 0 unspecified atom stereocenters. The van der Waals surface area contributed by atoms with Crippen LogP contribution in [-0.2, 0) is 0 Å². The van der Waals surface area contributed by atoms with Crippen molar-refractivity contribution in [1.82, 2.24) is 29.4 Å². The number of hydrogen-bond acceptors (Lipinski definition) is 5. The standard InChI is InChI=1S/C24H30FN7/c1-5-14(2)28-24-27-13-19-18(12-26-23(19)30-24)16-10-20(25)22-21(11-16)32(15(3)29-22)17-6-8-31(4)9-7-17/h10-14,17H,5-9H2,1-4H3,(H2,26,27,28,30)/t14-/m0/s1. The number of nitrogens with zero attached hydrogens (tertiary/aromatic N) is 5. The Balaban J connectivity index is 1.57. The zero-order valence-corrected chi connectivity index (χ0v) is 19.1. The van der Waals surface area contributed by atoms with Gasteiger partial charge < -0.3 is 19.8 Å². The normalized spacial score (nSPS) is 16.8. The fourth-order valence-electron chi connectivity index (χ4n) is 4.68. The van der Waals surface area contributed by atoms with Crippen molar-refractivity contribution in [2.24, 2.45) is 0 Å². The van der Waals surface area contributed by atoms with E-state index >= 15 is 4.39 Å². The number of likely N-dealkylation sites (tertiary alicyclic amines) is 1. The minimum absolute atomic E-state index is 0.293. The lowest BCUT2D eigenvalue weighted by molar-refractivity contribution is 0.222. The summed E-state index contributed by atoms with van der Waals surface area (Å²) in [5.41, 5.74) is 3.74. The van der Waals surface area contributed by atoms with Gasteiger partial charge >= 0.3 is 0 Å². The predicted molar refractivity (Wildman–Crippen MR) is 126 cm³/mol. The van der Waals surface area contributed by atoms with Gasteiger partial charge in [-0.05, 0) is 70.9 Å². The Labute approximate surface area is 187 Å². The summed E-state index contributed by atoms with van der Waals surface area (Å²) in [5, 5.41) is 4.17. The van der Waals surface area contributed by atoms with E-state index in [1.165, 1.54) is 0 Å². The highest BCUT2D eigenvalue weighted by Crippen LogP contribution is 2.35. The molecule has 0 aliphatic carbocycles. The first kappa shape index (κ1) is 20.9. The Morgan fingerprint density at radius 3 is 2.78 bits per heavy atom. The third-order valence-electron chi connectivity index (χ3n) is 6.71. The van der Waals surface area contributed by atoms with Crippen LogP contribution in [0.2, 0.25) is 0 Å². The van der Waals surface area contributed by atoms with Gasteiger partial charge in [-0.3, -0.25) is 0 Å². The fraction of sp³-hybridized carbons (Fsp3) is 0.458. The summed E-state index contributed by atoms with van der Waals surface area (Å²) in [6.45, 7) is 8.27. The number of halogens is 1. The maximum atomic E-state index is 15.2. The maximum Gasteiger partial charge on any atom is 0.224 e. The maximum absolute atomic E-state index is 15.2. The molecule has 4 heterocycles. The lowest BCUT2D eigenvalue weighted by Gasteiger charge is -2.30. The predicted octanol–water partition coefficient (Wildman–Crippen LogP) is 4.90. The summed E-state index contributed by atoms with van der Waals surface area (Å²) in [5.74, 6) is 1.17. The number of rotatable bonds is 5. The van der Waals surface area contributed by atoms with Crippen molar-refractivity contribution in [2.75, 3.05) is 25.5 Å². The zero-order chi connectivity index (χ0) is 22.4. The van der Waals surface area contributed by atoms with Crippen molar-refractivity contribution in [2.45, 2.75) is 52.1 Å². The number of hydrogen-bond donors (Lipinski definition) is 2. The summed E-state index contributed by atoms with van der Waals surface area (Å²) in [6.07, 6.45) is 6.76. The molecular weight excluding hydrogens is 405 g/mol. The number of piperidine rings is 1. The largest absolute Gasteiger partial charge is 0.352 e. The summed E-state index contributed by atoms with van der Waals surface area (Å²) < 4.78 is 17.4. The van der Waals surface area contributed by atoms with Crippen LogP contribution < -0.4 is 5.32 Å². The highest BCUT2D eigenvalue weighted by Gasteiger charge is 2.24. The second-order valence-corrected chi connectivity index (χ2v) is 9.00. The SMILES string of the molecule is CC[C@H](C)Nc1ncc2c(-c3cc(F)c4nc(C)n(C5CCN(C)CC5)c4c3)c[nH]c2n1. The first-order valence-corrected chi connectivity index (χ1v) is 11.4. The number of H-pyrrole nitrogens is 1. The molecule has 1 aliphatic rings. The van der Waals surface area contributed by atoms with Gasteiger partial charge in [-0.15, -0.1) is 0 Å². The molecule has 2 N–H and O–H groups in total. The molecule has 168 valence electrons. The Hall–Kier alpha value is -3.00. The number of imidazole rings is 1. The molecule has 0 radical (unpaired) electrons. The molecular formula is C24H30FN7. The molecule has 1 fully saturated rings. The van der Waals surface area contributed by atoms with Crippen LogP contribution in [0.25, 0.3) is 33.2 Å². The Morgan fingerprint density at radius 1 is 1.25 bits per heavy atom. The summed E-state index contributed by atoms with van der Waals surface area (Å²) in [4.78, 5) is 19.2. The average Bonchev–Trinajstić information content (AvgIpc) is 3.35. The molecule has 0 amide bonds. The van der Waals surface area contributed by atoms with Crippen molar-refractivity contribution in [3.63, 3.8) is 0 Å². The number of aromatic amines is 1. The van der Waals surface area contributed by atoms with Crippen molar-refractivity contribution in [3.05, 3.63) is 36.2 Å². The van der Waals surface area contributed by atoms with Crippen LogP contribution in [0.3, 0.4) is 0 Å². The number of anilines is 1. The van der Waals surface area contributed by atoms with Gasteiger partial charge in [0.15, 0.2) is 5.82 Å². The molecule has 3 aromatic heterocycles. The first-order chi connectivity index (χ1) is 15.4. The fourth-order valence-corrected chi connectivity index (χ4v) is 4.68. The Morgan fingerprint density at radius 2 is 2.03 bits per heavy atom. The second-order valence-electron chi connectivity index (χ2n) is 9.00. The van der Waals surface area contributed by atoms with Crippen LogP contribution in [0.15, 0.2) is 24.5 Å². The smallest absolute Gasteiger partial charge is 0.224 e. The van der Waals surface area contributed by atoms with E-state index in [1.807, 2.05) is 13.1 Å². The lowest BCUT2D eigenvalue weighted by atomic mass is 10.0. The third-order valence-corrected chi connectivity index (χ3v) is 6.71. The molecule has 5 rings (SSSR count). The van der Waals surface area contributed by atoms with Crippen molar-refractivity contribution < 1.29 is 4.39 Å². The molecule has 1 aliphatic heterocycles. The number of aryl methyl sites for hydroxylation is 1. The van der Waals surface area contributed by atoms with E-state index in [0.717, 1.165) is 65.9 Å². The summed E-state index contributed by atoms with van der Waals surface area (Å²) in [6, 6.07) is 4.26. The highest BCUT2D eigenvalue weighted by atomic mass is 19.1. The summed E-state index contributed by atoms with van der Waals surface area (Å²) in [7, 11) is 2.15. The molecule has 1 saturated heterocycles. The molecule has 0 bridgehead atoms. The van der Waals surface area contributed by atoms with Crippen LogP contribution in [0.4, 0.5) is 10.3 Å². The van der Waals surface area contributed by atoms with Gasteiger partial charge in [0, 0.05) is 35.4 Å². The third kappa shape index (κ3) is 3.62. The van der Waals surface area contributed by atoms with Crippen LogP contribution >= 0.6 is 0 Å². The van der Waals surface area contributed by atoms with Gasteiger partial charge in [0.25, 0.3) is 0 Å². The number of fused-ring (bicyclic) bond motifs is 2. The molecule has 32 heavy (non-hydrogen) atoms. The molecule has 8 heteroatoms. The van der Waals surface area contributed by atoms with E-state index in [4.69, 9.17) is 0 Å². The van der Waals surface area contributed by atoms with E-state index in [1.54, 1.807) is 12.3 Å². The van der Waals surface area contributed by atoms with E-state index in [-0.39, 0.29) is 5.82 Å². The minimum Gasteiger partial charge on any atom is -0.352 e. The molecule has 1 aromatic carbocycles. The molecule has 1 atom stereocenters. The van der Waals surface area contributed by atoms with Crippen LogP contribution in [-0.4, -0.2) is 55.6 Å². The molecule has 0 spiro atoms. The van der Waals surface area contributed by atoms with Gasteiger partial charge in [-0.1, -0.05) is 6.92 Å². The minimum atomic E-state index is -0.294. The van der Waals surface area contributed by atoms with E-state index in [9.17, 15) is 0 Å².